The highest BCUT2D eigenvalue weighted by atomic mass is 35.5. The fourth-order valence-electron chi connectivity index (χ4n) is 0.730. The standard InChI is InChI=1S/C5H9NO2.ClH/c6-4-1-3(4)2-5(7)8;/h3-4H,1-2,6H2,(H,7,8);1H/t3-,4-;/m0./s1. The van der Waals surface area contributed by atoms with Crippen molar-refractivity contribution in [2.45, 2.75) is 18.9 Å². The minimum Gasteiger partial charge on any atom is -0.481 e. The van der Waals surface area contributed by atoms with Gasteiger partial charge in [-0.15, -0.1) is 12.4 Å². The number of hydrogen-bond acceptors (Lipinski definition) is 2. The molecule has 0 aromatic rings. The van der Waals surface area contributed by atoms with E-state index in [0.717, 1.165) is 6.42 Å². The Kier molecular flexibility index (Phi) is 2.94. The first-order valence-electron chi connectivity index (χ1n) is 2.67. The minimum absolute atomic E-state index is 0. The molecule has 1 fully saturated rings. The molecular weight excluding hydrogens is 142 g/mol. The lowest BCUT2D eigenvalue weighted by Crippen LogP contribution is -2.05. The molecule has 9 heavy (non-hydrogen) atoms. The average Bonchev–Trinajstić information content (AvgIpc) is 2.17. The molecule has 0 unspecified atom stereocenters. The quantitative estimate of drug-likeness (QED) is 0.594. The molecular formula is C5H10ClNO2. The van der Waals surface area contributed by atoms with Gasteiger partial charge in [0.05, 0.1) is 0 Å². The summed E-state index contributed by atoms with van der Waals surface area (Å²) in [6.45, 7) is 0. The summed E-state index contributed by atoms with van der Waals surface area (Å²) < 4.78 is 0. The van der Waals surface area contributed by atoms with Crippen LogP contribution in [-0.2, 0) is 4.79 Å². The van der Waals surface area contributed by atoms with Crippen molar-refractivity contribution in [2.24, 2.45) is 11.7 Å². The lowest BCUT2D eigenvalue weighted by atomic mass is 10.3. The predicted molar refractivity (Wildman–Crippen MR) is 35.6 cm³/mol. The monoisotopic (exact) mass is 151 g/mol. The summed E-state index contributed by atoms with van der Waals surface area (Å²) in [6, 6.07) is 0.172. The summed E-state index contributed by atoms with van der Waals surface area (Å²) in [6.07, 6.45) is 1.15. The molecule has 54 valence electrons. The fourth-order valence-corrected chi connectivity index (χ4v) is 0.730. The van der Waals surface area contributed by atoms with E-state index < -0.39 is 5.97 Å². The normalized spacial score (nSPS) is 30.8. The van der Waals surface area contributed by atoms with Crippen molar-refractivity contribution in [3.05, 3.63) is 0 Å². The maximum Gasteiger partial charge on any atom is 0.303 e. The van der Waals surface area contributed by atoms with Crippen molar-refractivity contribution < 1.29 is 9.90 Å². The van der Waals surface area contributed by atoms with Crippen molar-refractivity contribution in [1.29, 1.82) is 0 Å². The van der Waals surface area contributed by atoms with Crippen LogP contribution < -0.4 is 5.73 Å². The second-order valence-electron chi connectivity index (χ2n) is 2.26. The van der Waals surface area contributed by atoms with Crippen LogP contribution in [0.2, 0.25) is 0 Å². The Bertz CT molecular complexity index is 118. The molecule has 3 nitrogen and oxygen atoms in total. The zero-order valence-electron chi connectivity index (χ0n) is 4.91. The molecule has 0 saturated heterocycles. The smallest absolute Gasteiger partial charge is 0.303 e. The van der Waals surface area contributed by atoms with E-state index in [0.29, 0.717) is 0 Å². The molecule has 0 aromatic heterocycles. The molecule has 3 N–H and O–H groups in total. The second kappa shape index (κ2) is 3.03. The second-order valence-corrected chi connectivity index (χ2v) is 2.26. The van der Waals surface area contributed by atoms with E-state index in [4.69, 9.17) is 10.8 Å². The summed E-state index contributed by atoms with van der Waals surface area (Å²) >= 11 is 0. The first-order chi connectivity index (χ1) is 3.70. The van der Waals surface area contributed by atoms with Crippen molar-refractivity contribution in [3.63, 3.8) is 0 Å². The van der Waals surface area contributed by atoms with Gasteiger partial charge in [-0.2, -0.15) is 0 Å². The third-order valence-electron chi connectivity index (χ3n) is 1.41. The van der Waals surface area contributed by atoms with Crippen LogP contribution in [0.1, 0.15) is 12.8 Å². The van der Waals surface area contributed by atoms with E-state index in [-0.39, 0.29) is 30.8 Å². The zero-order chi connectivity index (χ0) is 6.15. The van der Waals surface area contributed by atoms with E-state index in [1.54, 1.807) is 0 Å². The Morgan fingerprint density at radius 2 is 2.22 bits per heavy atom. The Balaban J connectivity index is 0.000000640. The lowest BCUT2D eigenvalue weighted by molar-refractivity contribution is -0.137. The molecule has 1 aliphatic carbocycles. The summed E-state index contributed by atoms with van der Waals surface area (Å²) in [5, 5.41) is 8.19. The largest absolute Gasteiger partial charge is 0.481 e. The third-order valence-corrected chi connectivity index (χ3v) is 1.41. The first-order valence-corrected chi connectivity index (χ1v) is 2.67. The molecule has 0 aromatic carbocycles. The van der Waals surface area contributed by atoms with Gasteiger partial charge in [-0.25, -0.2) is 0 Å². The summed E-state index contributed by atoms with van der Waals surface area (Å²) in [5.74, 6) is -0.463. The molecule has 2 atom stereocenters. The molecule has 1 saturated carbocycles. The fraction of sp³-hybridized carbons (Fsp3) is 0.800. The molecule has 0 radical (unpaired) electrons. The average molecular weight is 152 g/mol. The third kappa shape index (κ3) is 2.67. The van der Waals surface area contributed by atoms with Crippen molar-refractivity contribution >= 4 is 18.4 Å². The predicted octanol–water partition coefficient (Wildman–Crippen LogP) is 0.230. The van der Waals surface area contributed by atoms with Gasteiger partial charge in [0.15, 0.2) is 0 Å². The van der Waals surface area contributed by atoms with Gasteiger partial charge in [0.25, 0.3) is 0 Å². The van der Waals surface area contributed by atoms with Gasteiger partial charge in [-0.05, 0) is 12.3 Å². The Hall–Kier alpha value is -0.280. The van der Waals surface area contributed by atoms with Crippen LogP contribution in [0, 0.1) is 5.92 Å². The molecule has 1 aliphatic rings. The van der Waals surface area contributed by atoms with E-state index in [1.807, 2.05) is 0 Å². The van der Waals surface area contributed by atoms with Crippen molar-refractivity contribution in [3.8, 4) is 0 Å². The number of halogens is 1. The molecule has 1 rings (SSSR count). The Morgan fingerprint density at radius 1 is 1.78 bits per heavy atom. The van der Waals surface area contributed by atoms with Crippen LogP contribution in [0.15, 0.2) is 0 Å². The highest BCUT2D eigenvalue weighted by Gasteiger charge is 2.34. The van der Waals surface area contributed by atoms with E-state index in [1.165, 1.54) is 0 Å². The number of aliphatic carboxylic acids is 1. The molecule has 0 heterocycles. The SMILES string of the molecule is Cl.N[C@H]1C[C@H]1CC(=O)O. The van der Waals surface area contributed by atoms with Crippen LogP contribution in [0.25, 0.3) is 0 Å². The number of nitrogens with two attached hydrogens (primary N) is 1. The number of carbonyl (C=O) groups is 1. The topological polar surface area (TPSA) is 63.3 Å². The van der Waals surface area contributed by atoms with Gasteiger partial charge in [-0.3, -0.25) is 4.79 Å². The van der Waals surface area contributed by atoms with Crippen LogP contribution in [-0.4, -0.2) is 17.1 Å². The van der Waals surface area contributed by atoms with Crippen LogP contribution >= 0.6 is 12.4 Å². The van der Waals surface area contributed by atoms with Crippen LogP contribution in [0.4, 0.5) is 0 Å². The Morgan fingerprint density at radius 3 is 2.33 bits per heavy atom. The molecule has 0 spiro atoms. The van der Waals surface area contributed by atoms with E-state index >= 15 is 0 Å². The van der Waals surface area contributed by atoms with Gasteiger partial charge in [0.2, 0.25) is 0 Å². The van der Waals surface area contributed by atoms with E-state index in [9.17, 15) is 4.79 Å². The van der Waals surface area contributed by atoms with Gasteiger partial charge in [-0.1, -0.05) is 0 Å². The molecule has 0 amide bonds. The van der Waals surface area contributed by atoms with Crippen molar-refractivity contribution in [1.82, 2.24) is 0 Å². The first kappa shape index (κ1) is 8.72. The number of hydrogen-bond donors (Lipinski definition) is 2. The maximum atomic E-state index is 9.94. The summed E-state index contributed by atoms with van der Waals surface area (Å²) in [5.41, 5.74) is 5.35. The van der Waals surface area contributed by atoms with Gasteiger partial charge >= 0.3 is 5.97 Å². The van der Waals surface area contributed by atoms with Gasteiger partial charge < -0.3 is 10.8 Å². The van der Waals surface area contributed by atoms with Gasteiger partial charge in [0, 0.05) is 12.5 Å². The minimum atomic E-state index is -0.733. The molecule has 0 bridgehead atoms. The number of rotatable bonds is 2. The highest BCUT2D eigenvalue weighted by Crippen LogP contribution is 2.30. The summed E-state index contributed by atoms with van der Waals surface area (Å²) in [4.78, 5) is 9.94. The molecule has 4 heteroatoms. The number of carboxylic acids is 1. The zero-order valence-corrected chi connectivity index (χ0v) is 5.73. The van der Waals surface area contributed by atoms with E-state index in [2.05, 4.69) is 0 Å². The maximum absolute atomic E-state index is 9.94. The number of carboxylic acid groups (broad SMARTS) is 1. The summed E-state index contributed by atoms with van der Waals surface area (Å²) in [7, 11) is 0. The van der Waals surface area contributed by atoms with Gasteiger partial charge in [0.1, 0.15) is 0 Å². The van der Waals surface area contributed by atoms with Crippen LogP contribution in [0.5, 0.6) is 0 Å². The molecule has 0 aliphatic heterocycles. The Labute approximate surface area is 59.6 Å². The van der Waals surface area contributed by atoms with Crippen molar-refractivity contribution in [2.75, 3.05) is 0 Å². The lowest BCUT2D eigenvalue weighted by Gasteiger charge is -1.86. The highest BCUT2D eigenvalue weighted by molar-refractivity contribution is 5.85. The van der Waals surface area contributed by atoms with Crippen LogP contribution in [0.3, 0.4) is 0 Å².